The number of aliphatic carboxylic acids is 1. The molecule has 0 bridgehead atoms. The average Bonchev–Trinajstić information content (AvgIpc) is 2.93. The Morgan fingerprint density at radius 3 is 1.77 bits per heavy atom. The Hall–Kier alpha value is -2.63. The summed E-state index contributed by atoms with van der Waals surface area (Å²) in [6.07, 6.45) is 35.2. The molecule has 0 saturated heterocycles. The normalized spacial score (nSPS) is 12.7. The highest BCUT2D eigenvalue weighted by molar-refractivity contribution is 5.80. The number of allylic oxidation sites excluding steroid dienone is 8. The highest BCUT2D eigenvalue weighted by Gasteiger charge is 2.14. The van der Waals surface area contributed by atoms with Crippen LogP contribution in [0.25, 0.3) is 0 Å². The Morgan fingerprint density at radius 2 is 1.20 bits per heavy atom. The molecule has 0 aromatic carbocycles. The number of esters is 1. The molecule has 0 spiro atoms. The number of rotatable bonds is 27. The largest absolute Gasteiger partial charge is 0.480 e. The van der Waals surface area contributed by atoms with E-state index in [0.717, 1.165) is 70.6 Å². The highest BCUT2D eigenvalue weighted by atomic mass is 16.5. The number of carbonyl (C=O) groups excluding carboxylic acids is 2. The van der Waals surface area contributed by atoms with Crippen LogP contribution in [-0.4, -0.2) is 35.6 Å². The van der Waals surface area contributed by atoms with Crippen molar-refractivity contribution in [1.29, 1.82) is 0 Å². The lowest BCUT2D eigenvalue weighted by Crippen LogP contribution is -2.28. The third-order valence-corrected chi connectivity index (χ3v) is 6.53. The van der Waals surface area contributed by atoms with Crippen LogP contribution in [0.2, 0.25) is 0 Å². The summed E-state index contributed by atoms with van der Waals surface area (Å²) in [4.78, 5) is 34.6. The minimum atomic E-state index is -1.03. The molecule has 0 aromatic rings. The van der Waals surface area contributed by atoms with Gasteiger partial charge in [0.05, 0.1) is 0 Å². The van der Waals surface area contributed by atoms with Gasteiger partial charge in [0.25, 0.3) is 0 Å². The van der Waals surface area contributed by atoms with E-state index in [9.17, 15) is 14.4 Å². The first-order valence-corrected chi connectivity index (χ1v) is 15.8. The van der Waals surface area contributed by atoms with Crippen LogP contribution in [0.4, 0.5) is 0 Å². The molecule has 0 rings (SSSR count). The van der Waals surface area contributed by atoms with Crippen molar-refractivity contribution in [2.45, 2.75) is 142 Å². The van der Waals surface area contributed by atoms with E-state index >= 15 is 0 Å². The Labute approximate surface area is 244 Å². The van der Waals surface area contributed by atoms with Gasteiger partial charge in [-0.25, -0.2) is 0 Å². The summed E-state index contributed by atoms with van der Waals surface area (Å²) in [5, 5.41) is 11.0. The maximum absolute atomic E-state index is 12.5. The van der Waals surface area contributed by atoms with E-state index in [4.69, 9.17) is 9.84 Å². The third kappa shape index (κ3) is 28.4. The Bertz CT molecular complexity index is 753. The SMILES string of the molecule is CC/C=C\C/C=C\C/C=C\C/C=C\CCC(=O)OC(CCCCCCCC)CCCCCCC(=O)NCC(=O)O. The molecule has 0 heterocycles. The first-order chi connectivity index (χ1) is 19.5. The van der Waals surface area contributed by atoms with Crippen LogP contribution in [-0.2, 0) is 19.1 Å². The van der Waals surface area contributed by atoms with Gasteiger partial charge in [0.15, 0.2) is 0 Å². The Kier molecular flexibility index (Phi) is 27.4. The molecule has 0 radical (unpaired) electrons. The number of amides is 1. The van der Waals surface area contributed by atoms with E-state index in [-0.39, 0.29) is 24.5 Å². The number of carboxylic acids is 1. The van der Waals surface area contributed by atoms with Crippen molar-refractivity contribution < 1.29 is 24.2 Å². The fourth-order valence-corrected chi connectivity index (χ4v) is 4.23. The summed E-state index contributed by atoms with van der Waals surface area (Å²) in [5.74, 6) is -1.36. The van der Waals surface area contributed by atoms with E-state index in [0.29, 0.717) is 19.3 Å². The van der Waals surface area contributed by atoms with Crippen LogP contribution < -0.4 is 5.32 Å². The molecule has 6 nitrogen and oxygen atoms in total. The van der Waals surface area contributed by atoms with Crippen LogP contribution in [0.3, 0.4) is 0 Å². The summed E-state index contributed by atoms with van der Waals surface area (Å²) >= 11 is 0. The average molecular weight is 560 g/mol. The second-order valence-electron chi connectivity index (χ2n) is 10.3. The summed E-state index contributed by atoms with van der Waals surface area (Å²) < 4.78 is 5.87. The van der Waals surface area contributed by atoms with Crippen molar-refractivity contribution in [2.75, 3.05) is 6.54 Å². The lowest BCUT2D eigenvalue weighted by Gasteiger charge is -2.18. The molecule has 228 valence electrons. The topological polar surface area (TPSA) is 92.7 Å². The summed E-state index contributed by atoms with van der Waals surface area (Å²) in [6.45, 7) is 4.03. The molecular weight excluding hydrogens is 502 g/mol. The molecule has 0 aromatic heterocycles. The monoisotopic (exact) mass is 559 g/mol. The van der Waals surface area contributed by atoms with E-state index < -0.39 is 5.97 Å². The lowest BCUT2D eigenvalue weighted by atomic mass is 10.0. The maximum atomic E-state index is 12.5. The van der Waals surface area contributed by atoms with Crippen LogP contribution in [0.5, 0.6) is 0 Å². The third-order valence-electron chi connectivity index (χ3n) is 6.53. The van der Waals surface area contributed by atoms with Crippen molar-refractivity contribution in [1.82, 2.24) is 5.32 Å². The minimum Gasteiger partial charge on any atom is -0.480 e. The van der Waals surface area contributed by atoms with Crippen molar-refractivity contribution >= 4 is 17.8 Å². The van der Waals surface area contributed by atoms with E-state index in [2.05, 4.69) is 67.8 Å². The smallest absolute Gasteiger partial charge is 0.322 e. The predicted octanol–water partition coefficient (Wildman–Crippen LogP) is 8.78. The standard InChI is InChI=1S/C34H57NO5/c1-3-5-7-9-11-12-13-14-15-16-17-19-25-29-34(39)40-31(26-22-18-10-8-6-4-2)27-23-20-21-24-28-32(36)35-30-33(37)38/h5,7,11-12,14-15,17,19,31H,3-4,6,8-10,13,16,18,20-30H2,1-2H3,(H,35,36)(H,37,38)/b7-5-,12-11-,15-14-,19-17-. The minimum absolute atomic E-state index is 0.0324. The number of ether oxygens (including phenoxy) is 1. The van der Waals surface area contributed by atoms with Gasteiger partial charge in [-0.05, 0) is 64.2 Å². The zero-order valence-electron chi connectivity index (χ0n) is 25.4. The van der Waals surface area contributed by atoms with Gasteiger partial charge in [-0.3, -0.25) is 14.4 Å². The van der Waals surface area contributed by atoms with Crippen LogP contribution >= 0.6 is 0 Å². The lowest BCUT2D eigenvalue weighted by molar-refractivity contribution is -0.149. The fraction of sp³-hybridized carbons (Fsp3) is 0.676. The highest BCUT2D eigenvalue weighted by Crippen LogP contribution is 2.17. The zero-order valence-corrected chi connectivity index (χ0v) is 25.4. The molecule has 1 unspecified atom stereocenters. The number of unbranched alkanes of at least 4 members (excludes halogenated alkanes) is 8. The molecular formula is C34H57NO5. The van der Waals surface area contributed by atoms with Gasteiger partial charge in [-0.1, -0.05) is 107 Å². The molecule has 40 heavy (non-hydrogen) atoms. The summed E-state index contributed by atoms with van der Waals surface area (Å²) in [5.41, 5.74) is 0. The zero-order chi connectivity index (χ0) is 29.5. The molecule has 0 aliphatic rings. The van der Waals surface area contributed by atoms with Crippen molar-refractivity contribution in [3.63, 3.8) is 0 Å². The van der Waals surface area contributed by atoms with E-state index in [1.807, 2.05) is 0 Å². The molecule has 0 aliphatic heterocycles. The number of nitrogens with one attached hydrogen (secondary N) is 1. The van der Waals surface area contributed by atoms with Gasteiger partial charge < -0.3 is 15.2 Å². The van der Waals surface area contributed by atoms with Crippen molar-refractivity contribution in [2.24, 2.45) is 0 Å². The predicted molar refractivity (Wildman–Crippen MR) is 166 cm³/mol. The molecule has 0 aliphatic carbocycles. The molecule has 6 heteroatoms. The van der Waals surface area contributed by atoms with E-state index in [1.165, 1.54) is 32.1 Å². The fourth-order valence-electron chi connectivity index (χ4n) is 4.23. The summed E-state index contributed by atoms with van der Waals surface area (Å²) in [7, 11) is 0. The molecule has 1 atom stereocenters. The quantitative estimate of drug-likeness (QED) is 0.0596. The van der Waals surface area contributed by atoms with Gasteiger partial charge in [0, 0.05) is 12.8 Å². The van der Waals surface area contributed by atoms with Gasteiger partial charge in [0.1, 0.15) is 12.6 Å². The number of hydrogen-bond donors (Lipinski definition) is 2. The second kappa shape index (κ2) is 29.4. The van der Waals surface area contributed by atoms with Crippen molar-refractivity contribution in [3.05, 3.63) is 48.6 Å². The molecule has 0 saturated carbocycles. The van der Waals surface area contributed by atoms with Crippen LogP contribution in [0, 0.1) is 0 Å². The molecule has 0 fully saturated rings. The van der Waals surface area contributed by atoms with Crippen LogP contribution in [0.15, 0.2) is 48.6 Å². The first kappa shape index (κ1) is 37.4. The maximum Gasteiger partial charge on any atom is 0.322 e. The number of carboxylic acid groups (broad SMARTS) is 1. The number of carbonyl (C=O) groups is 3. The second-order valence-corrected chi connectivity index (χ2v) is 10.3. The van der Waals surface area contributed by atoms with Gasteiger partial charge >= 0.3 is 11.9 Å². The van der Waals surface area contributed by atoms with Crippen LogP contribution in [0.1, 0.15) is 136 Å². The van der Waals surface area contributed by atoms with E-state index in [1.54, 1.807) is 0 Å². The Morgan fingerprint density at radius 1 is 0.675 bits per heavy atom. The summed E-state index contributed by atoms with van der Waals surface area (Å²) in [6, 6.07) is 0. The molecule has 2 N–H and O–H groups in total. The Balaban J connectivity index is 4.23. The molecule has 1 amide bonds. The van der Waals surface area contributed by atoms with Gasteiger partial charge in [-0.15, -0.1) is 0 Å². The van der Waals surface area contributed by atoms with Gasteiger partial charge in [-0.2, -0.15) is 0 Å². The van der Waals surface area contributed by atoms with Crippen molar-refractivity contribution in [3.8, 4) is 0 Å². The first-order valence-electron chi connectivity index (χ1n) is 15.8. The van der Waals surface area contributed by atoms with Gasteiger partial charge in [0.2, 0.25) is 5.91 Å². The number of hydrogen-bond acceptors (Lipinski definition) is 4.